The van der Waals surface area contributed by atoms with Crippen LogP contribution in [0.1, 0.15) is 58.3 Å². The van der Waals surface area contributed by atoms with Gasteiger partial charge in [0.25, 0.3) is 0 Å². The van der Waals surface area contributed by atoms with Gasteiger partial charge in [-0.1, -0.05) is 6.92 Å². The molecule has 4 fully saturated rings. The van der Waals surface area contributed by atoms with Crippen molar-refractivity contribution in [3.05, 3.63) is 0 Å². The van der Waals surface area contributed by atoms with Crippen molar-refractivity contribution in [3.63, 3.8) is 0 Å². The van der Waals surface area contributed by atoms with Crippen LogP contribution < -0.4 is 31.9 Å². The number of hydrogen-bond acceptors (Lipinski definition) is 7. The molecule has 9 atom stereocenters. The predicted octanol–water partition coefficient (Wildman–Crippen LogP) is 1.02. The van der Waals surface area contributed by atoms with Crippen molar-refractivity contribution in [2.45, 2.75) is 94.4 Å². The molecule has 3 aliphatic heterocycles. The van der Waals surface area contributed by atoms with Gasteiger partial charge < -0.3 is 15.4 Å². The largest absolute Gasteiger partial charge is 0.367 e. The third-order valence-corrected chi connectivity index (χ3v) is 8.33. The summed E-state index contributed by atoms with van der Waals surface area (Å²) in [4.78, 5) is 13.0. The van der Waals surface area contributed by atoms with Gasteiger partial charge in [-0.15, -0.1) is 11.6 Å². The van der Waals surface area contributed by atoms with Gasteiger partial charge in [-0.25, -0.2) is 0 Å². The Balaban J connectivity index is 1.27. The summed E-state index contributed by atoms with van der Waals surface area (Å²) in [5.74, 6) is 1.34. The molecule has 32 heavy (non-hydrogen) atoms. The number of carbonyl (C=O) groups is 1. The number of halogens is 1. The summed E-state index contributed by atoms with van der Waals surface area (Å²) in [5.41, 5.74) is -0.221. The van der Waals surface area contributed by atoms with E-state index in [1.54, 1.807) is 7.11 Å². The lowest BCUT2D eigenvalue weighted by Crippen LogP contribution is -2.66. The predicted molar refractivity (Wildman–Crippen MR) is 127 cm³/mol. The Morgan fingerprint density at radius 2 is 1.94 bits per heavy atom. The molecule has 0 aromatic rings. The Bertz CT molecular complexity index is 607. The fourth-order valence-electron chi connectivity index (χ4n) is 5.98. The Kier molecular flexibility index (Phi) is 9.07. The standard InChI is InChI=1S/C23H43ClN6O2/c1-14-5-6-17(27-22(31)16-10-20(24)30-21(11-16)32-2)12-19(14)29-23-26-9-7-18(28-23)15-4-3-8-25-13-15/h14-21,23,25-26,28-30H,3-13H2,1-2H3,(H,27,31). The fourth-order valence-corrected chi connectivity index (χ4v) is 6.34. The van der Waals surface area contributed by atoms with Crippen LogP contribution in [-0.2, 0) is 9.53 Å². The van der Waals surface area contributed by atoms with Crippen LogP contribution in [-0.4, -0.2) is 68.8 Å². The molecule has 0 aromatic carbocycles. The van der Waals surface area contributed by atoms with Crippen molar-refractivity contribution in [2.75, 3.05) is 26.7 Å². The Hall–Kier alpha value is -0.480. The first kappa shape index (κ1) is 24.6. The van der Waals surface area contributed by atoms with Gasteiger partial charge in [0, 0.05) is 31.2 Å². The smallest absolute Gasteiger partial charge is 0.223 e. The topological polar surface area (TPSA) is 98.5 Å². The second-order valence-electron chi connectivity index (χ2n) is 10.4. The summed E-state index contributed by atoms with van der Waals surface area (Å²) in [5, 5.41) is 21.3. The molecule has 4 aliphatic rings. The molecule has 8 nitrogen and oxygen atoms in total. The van der Waals surface area contributed by atoms with Crippen molar-refractivity contribution in [3.8, 4) is 0 Å². The van der Waals surface area contributed by atoms with Crippen molar-refractivity contribution in [1.29, 1.82) is 0 Å². The summed E-state index contributed by atoms with van der Waals surface area (Å²) >= 11 is 6.29. The molecule has 0 radical (unpaired) electrons. The van der Waals surface area contributed by atoms with Crippen molar-refractivity contribution in [2.24, 2.45) is 17.8 Å². The van der Waals surface area contributed by atoms with E-state index in [-0.39, 0.29) is 35.9 Å². The van der Waals surface area contributed by atoms with Crippen LogP contribution >= 0.6 is 11.6 Å². The number of hydrogen-bond donors (Lipinski definition) is 6. The van der Waals surface area contributed by atoms with Crippen LogP contribution in [0.3, 0.4) is 0 Å². The first-order valence-electron chi connectivity index (χ1n) is 12.7. The number of alkyl halides is 1. The minimum Gasteiger partial charge on any atom is -0.367 e. The Morgan fingerprint density at radius 1 is 1.06 bits per heavy atom. The van der Waals surface area contributed by atoms with Gasteiger partial charge in [0.05, 0.1) is 5.50 Å². The number of piperidine rings is 2. The van der Waals surface area contributed by atoms with Crippen LogP contribution in [0.25, 0.3) is 0 Å². The van der Waals surface area contributed by atoms with Crippen molar-refractivity contribution < 1.29 is 9.53 Å². The van der Waals surface area contributed by atoms with Gasteiger partial charge in [0.1, 0.15) is 12.5 Å². The first-order chi connectivity index (χ1) is 15.5. The summed E-state index contributed by atoms with van der Waals surface area (Å²) in [6, 6.07) is 1.15. The quantitative estimate of drug-likeness (QED) is 0.255. The fraction of sp³-hybridized carbons (Fsp3) is 0.957. The number of carbonyl (C=O) groups excluding carboxylic acids is 1. The van der Waals surface area contributed by atoms with E-state index in [2.05, 4.69) is 38.8 Å². The zero-order chi connectivity index (χ0) is 22.5. The summed E-state index contributed by atoms with van der Waals surface area (Å²) in [6.07, 6.45) is 8.20. The van der Waals surface area contributed by atoms with Gasteiger partial charge in [-0.3, -0.25) is 26.1 Å². The molecule has 0 bridgehead atoms. The average Bonchev–Trinajstić information content (AvgIpc) is 2.81. The second-order valence-corrected chi connectivity index (χ2v) is 10.9. The molecule has 1 amide bonds. The van der Waals surface area contributed by atoms with E-state index in [1.807, 2.05) is 0 Å². The van der Waals surface area contributed by atoms with Gasteiger partial charge in [-0.2, -0.15) is 0 Å². The number of nitrogens with one attached hydrogen (secondary N) is 6. The Labute approximate surface area is 198 Å². The van der Waals surface area contributed by atoms with Crippen LogP contribution in [0.5, 0.6) is 0 Å². The SMILES string of the molecule is COC1CC(C(=O)NC2CCC(C)C(NC3NCCC(C4CCCNC4)N3)C2)CC(Cl)N1. The molecule has 0 spiro atoms. The highest BCUT2D eigenvalue weighted by Crippen LogP contribution is 2.27. The van der Waals surface area contributed by atoms with E-state index in [4.69, 9.17) is 16.3 Å². The van der Waals surface area contributed by atoms with Crippen LogP contribution in [0.2, 0.25) is 0 Å². The average molecular weight is 471 g/mol. The normalized spacial score (nSPS) is 43.5. The molecule has 0 aromatic heterocycles. The molecule has 1 aliphatic carbocycles. The third kappa shape index (κ3) is 6.56. The number of amides is 1. The number of methoxy groups -OCH3 is 1. The maximum absolute atomic E-state index is 13.0. The molecular formula is C23H43ClN6O2. The zero-order valence-corrected chi connectivity index (χ0v) is 20.4. The van der Waals surface area contributed by atoms with E-state index in [1.165, 1.54) is 19.3 Å². The number of rotatable bonds is 6. The summed E-state index contributed by atoms with van der Waals surface area (Å²) in [6.45, 7) is 5.66. The highest BCUT2D eigenvalue weighted by Gasteiger charge is 2.36. The molecule has 4 rings (SSSR count). The lowest BCUT2D eigenvalue weighted by atomic mass is 9.82. The lowest BCUT2D eigenvalue weighted by molar-refractivity contribution is -0.129. The van der Waals surface area contributed by atoms with E-state index in [0.717, 1.165) is 44.8 Å². The minimum absolute atomic E-state index is 0.0963. The van der Waals surface area contributed by atoms with Crippen LogP contribution in [0.15, 0.2) is 0 Å². The monoisotopic (exact) mass is 470 g/mol. The molecular weight excluding hydrogens is 428 g/mol. The molecule has 1 saturated carbocycles. The zero-order valence-electron chi connectivity index (χ0n) is 19.7. The lowest BCUT2D eigenvalue weighted by Gasteiger charge is -2.43. The molecule has 9 unspecified atom stereocenters. The van der Waals surface area contributed by atoms with E-state index in [0.29, 0.717) is 30.8 Å². The molecule has 6 N–H and O–H groups in total. The van der Waals surface area contributed by atoms with E-state index < -0.39 is 0 Å². The van der Waals surface area contributed by atoms with Crippen LogP contribution in [0.4, 0.5) is 0 Å². The van der Waals surface area contributed by atoms with E-state index >= 15 is 0 Å². The van der Waals surface area contributed by atoms with Crippen molar-refractivity contribution >= 4 is 17.5 Å². The highest BCUT2D eigenvalue weighted by molar-refractivity contribution is 6.20. The molecule has 3 saturated heterocycles. The maximum atomic E-state index is 13.0. The second kappa shape index (κ2) is 11.8. The summed E-state index contributed by atoms with van der Waals surface area (Å²) in [7, 11) is 1.66. The molecule has 3 heterocycles. The Morgan fingerprint density at radius 3 is 2.72 bits per heavy atom. The van der Waals surface area contributed by atoms with Gasteiger partial charge in [-0.05, 0) is 82.8 Å². The summed E-state index contributed by atoms with van der Waals surface area (Å²) < 4.78 is 5.40. The maximum Gasteiger partial charge on any atom is 0.223 e. The minimum atomic E-state index is -0.221. The van der Waals surface area contributed by atoms with Crippen molar-refractivity contribution in [1.82, 2.24) is 31.9 Å². The highest BCUT2D eigenvalue weighted by atomic mass is 35.5. The molecule has 184 valence electrons. The molecule has 9 heteroatoms. The van der Waals surface area contributed by atoms with Crippen LogP contribution in [0, 0.1) is 17.8 Å². The first-order valence-corrected chi connectivity index (χ1v) is 13.1. The number of ether oxygens (including phenoxy) is 1. The van der Waals surface area contributed by atoms with E-state index in [9.17, 15) is 4.79 Å². The van der Waals surface area contributed by atoms with Gasteiger partial charge in [0.2, 0.25) is 5.91 Å². The van der Waals surface area contributed by atoms with Gasteiger partial charge >= 0.3 is 0 Å². The van der Waals surface area contributed by atoms with Gasteiger partial charge in [0.15, 0.2) is 0 Å². The third-order valence-electron chi connectivity index (χ3n) is 8.02.